The van der Waals surface area contributed by atoms with Crippen LogP contribution in [-0.2, 0) is 0 Å². The lowest BCUT2D eigenvalue weighted by atomic mass is 9.99. The first-order chi connectivity index (χ1) is 17.2. The highest BCUT2D eigenvalue weighted by Gasteiger charge is 2.08. The highest BCUT2D eigenvalue weighted by atomic mass is 79.9. The molecule has 0 aliphatic rings. The molecule has 0 aliphatic carbocycles. The van der Waals surface area contributed by atoms with E-state index in [4.69, 9.17) is 11.3 Å². The Morgan fingerprint density at radius 3 is 1.77 bits per heavy atom. The number of halogens is 2. The molecule has 0 bridgehead atoms. The summed E-state index contributed by atoms with van der Waals surface area (Å²) < 4.78 is 20.7. The zero-order valence-electron chi connectivity index (χ0n) is 20.4. The molecule has 0 aliphatic heterocycles. The molecule has 0 radical (unpaired) electrons. The third kappa shape index (κ3) is 9.15. The van der Waals surface area contributed by atoms with E-state index in [0.717, 1.165) is 40.8 Å². The van der Waals surface area contributed by atoms with Crippen LogP contribution in [0.4, 0.5) is 10.1 Å². The third-order valence-electron chi connectivity index (χ3n) is 6.26. The molecule has 0 fully saturated rings. The molecule has 0 N–H and O–H groups in total. The first-order valence-electron chi connectivity index (χ1n) is 12.8. The Hall–Kier alpha value is -2.64. The van der Waals surface area contributed by atoms with Gasteiger partial charge >= 0.3 is 0 Å². The predicted octanol–water partition coefficient (Wildman–Crippen LogP) is 10.4. The fourth-order valence-electron chi connectivity index (χ4n) is 4.19. The summed E-state index contributed by atoms with van der Waals surface area (Å²) in [5.41, 5.74) is 3.65. The molecule has 184 valence electrons. The number of ether oxygens (including phenoxy) is 1. The summed E-state index contributed by atoms with van der Waals surface area (Å²) in [6, 6.07) is 20.2. The van der Waals surface area contributed by atoms with E-state index < -0.39 is 0 Å². The Morgan fingerprint density at radius 2 is 1.20 bits per heavy atom. The van der Waals surface area contributed by atoms with Crippen LogP contribution in [0, 0.1) is 12.4 Å². The Morgan fingerprint density at radius 1 is 0.657 bits per heavy atom. The van der Waals surface area contributed by atoms with Gasteiger partial charge in [-0.2, -0.15) is 0 Å². The van der Waals surface area contributed by atoms with Gasteiger partial charge in [0.25, 0.3) is 0 Å². The molecule has 0 spiro atoms. The van der Waals surface area contributed by atoms with E-state index in [1.165, 1.54) is 57.8 Å². The number of alkyl halides is 1. The van der Waals surface area contributed by atoms with Crippen LogP contribution in [0.2, 0.25) is 0 Å². The Kier molecular flexibility index (Phi) is 11.8. The van der Waals surface area contributed by atoms with Crippen molar-refractivity contribution in [3.63, 3.8) is 0 Å². The molecule has 0 aromatic heterocycles. The van der Waals surface area contributed by atoms with E-state index in [1.807, 2.05) is 30.3 Å². The Labute approximate surface area is 218 Å². The second kappa shape index (κ2) is 15.4. The normalized spacial score (nSPS) is 10.8. The molecular formula is C31H35BrFNO. The van der Waals surface area contributed by atoms with Crippen LogP contribution in [-0.4, -0.2) is 11.9 Å². The molecule has 0 amide bonds. The fraction of sp³-hybridized carbons (Fsp3) is 0.387. The molecule has 4 heteroatoms. The average Bonchev–Trinajstić information content (AvgIpc) is 2.90. The van der Waals surface area contributed by atoms with Crippen molar-refractivity contribution in [2.75, 3.05) is 11.9 Å². The van der Waals surface area contributed by atoms with Crippen LogP contribution in [0.3, 0.4) is 0 Å². The fourth-order valence-corrected chi connectivity index (χ4v) is 4.59. The maximum absolute atomic E-state index is 14.8. The van der Waals surface area contributed by atoms with Gasteiger partial charge < -0.3 is 4.74 Å². The van der Waals surface area contributed by atoms with Crippen molar-refractivity contribution in [2.24, 2.45) is 0 Å². The number of nitrogens with zero attached hydrogens (tertiary/aromatic N) is 1. The number of benzene rings is 3. The summed E-state index contributed by atoms with van der Waals surface area (Å²) in [6.07, 6.45) is 13.0. The summed E-state index contributed by atoms with van der Waals surface area (Å²) >= 11 is 3.49. The van der Waals surface area contributed by atoms with Crippen LogP contribution in [0.1, 0.15) is 64.2 Å². The Balaban J connectivity index is 1.37. The minimum absolute atomic E-state index is 0.270. The van der Waals surface area contributed by atoms with Gasteiger partial charge in [0.1, 0.15) is 11.6 Å². The van der Waals surface area contributed by atoms with E-state index >= 15 is 0 Å². The molecule has 3 rings (SSSR count). The summed E-state index contributed by atoms with van der Waals surface area (Å²) in [7, 11) is 0. The summed E-state index contributed by atoms with van der Waals surface area (Å²) in [6.45, 7) is 7.78. The van der Waals surface area contributed by atoms with Crippen LogP contribution in [0.5, 0.6) is 5.75 Å². The number of unbranched alkanes of at least 4 members (excludes halogenated alkanes) is 9. The maximum atomic E-state index is 14.8. The number of hydrogen-bond acceptors (Lipinski definition) is 1. The zero-order chi connectivity index (χ0) is 24.7. The van der Waals surface area contributed by atoms with Gasteiger partial charge in [-0.3, -0.25) is 0 Å². The zero-order valence-corrected chi connectivity index (χ0v) is 22.0. The van der Waals surface area contributed by atoms with Gasteiger partial charge in [0.2, 0.25) is 0 Å². The molecule has 0 saturated heterocycles. The topological polar surface area (TPSA) is 13.6 Å². The minimum atomic E-state index is -0.270. The summed E-state index contributed by atoms with van der Waals surface area (Å²) in [5.74, 6) is 0.585. The molecule has 35 heavy (non-hydrogen) atoms. The predicted molar refractivity (Wildman–Crippen MR) is 149 cm³/mol. The quantitative estimate of drug-likeness (QED) is 0.107. The van der Waals surface area contributed by atoms with E-state index in [1.54, 1.807) is 36.4 Å². The monoisotopic (exact) mass is 535 g/mol. The van der Waals surface area contributed by atoms with Gasteiger partial charge in [0, 0.05) is 10.9 Å². The van der Waals surface area contributed by atoms with Crippen molar-refractivity contribution >= 4 is 21.6 Å². The van der Waals surface area contributed by atoms with Gasteiger partial charge in [-0.05, 0) is 47.7 Å². The van der Waals surface area contributed by atoms with Crippen molar-refractivity contribution in [3.05, 3.63) is 84.0 Å². The van der Waals surface area contributed by atoms with Gasteiger partial charge in [-0.25, -0.2) is 9.24 Å². The maximum Gasteiger partial charge on any atom is 0.187 e. The van der Waals surface area contributed by atoms with Crippen molar-refractivity contribution < 1.29 is 9.13 Å². The van der Waals surface area contributed by atoms with Gasteiger partial charge in [-0.1, -0.05) is 116 Å². The number of hydrogen-bond donors (Lipinski definition) is 0. The molecule has 0 atom stereocenters. The molecule has 0 saturated carbocycles. The lowest BCUT2D eigenvalue weighted by molar-refractivity contribution is 0.304. The van der Waals surface area contributed by atoms with E-state index in [-0.39, 0.29) is 5.82 Å². The summed E-state index contributed by atoms with van der Waals surface area (Å²) in [4.78, 5) is 3.38. The van der Waals surface area contributed by atoms with Crippen LogP contribution >= 0.6 is 15.9 Å². The third-order valence-corrected chi connectivity index (χ3v) is 6.82. The Bertz CT molecular complexity index is 1060. The van der Waals surface area contributed by atoms with Gasteiger partial charge in [0.05, 0.1) is 13.2 Å². The van der Waals surface area contributed by atoms with Crippen molar-refractivity contribution in [3.8, 4) is 28.0 Å². The standard InChI is InChI=1S/C31H35BrFNO/c1-34-28-17-12-26(13-18-28)30-21-16-27(24-31(30)33)25-14-19-29(20-15-25)35-23-11-9-7-5-3-2-4-6-8-10-22-32/h12-21,24H,2-11,22-23H2. The van der Waals surface area contributed by atoms with E-state index in [9.17, 15) is 4.39 Å². The first kappa shape index (κ1) is 27.0. The second-order valence-corrected chi connectivity index (χ2v) is 9.74. The SMILES string of the molecule is [C-]#[N+]c1ccc(-c2ccc(-c3ccc(OCCCCCCCCCCCCBr)cc3)cc2F)cc1. The van der Waals surface area contributed by atoms with Crippen molar-refractivity contribution in [1.82, 2.24) is 0 Å². The molecule has 0 heterocycles. The lowest BCUT2D eigenvalue weighted by Gasteiger charge is -2.09. The highest BCUT2D eigenvalue weighted by Crippen LogP contribution is 2.30. The number of rotatable bonds is 15. The minimum Gasteiger partial charge on any atom is -0.494 e. The molecule has 3 aromatic rings. The highest BCUT2D eigenvalue weighted by molar-refractivity contribution is 9.09. The van der Waals surface area contributed by atoms with E-state index in [0.29, 0.717) is 11.3 Å². The molecule has 2 nitrogen and oxygen atoms in total. The molecular weight excluding hydrogens is 501 g/mol. The van der Waals surface area contributed by atoms with Crippen molar-refractivity contribution in [1.29, 1.82) is 0 Å². The van der Waals surface area contributed by atoms with Gasteiger partial charge in [0.15, 0.2) is 5.69 Å². The van der Waals surface area contributed by atoms with Crippen LogP contribution < -0.4 is 4.74 Å². The smallest absolute Gasteiger partial charge is 0.187 e. The van der Waals surface area contributed by atoms with Gasteiger partial charge in [-0.15, -0.1) is 0 Å². The molecule has 3 aromatic carbocycles. The largest absolute Gasteiger partial charge is 0.494 e. The first-order valence-corrected chi connectivity index (χ1v) is 13.9. The second-order valence-electron chi connectivity index (χ2n) is 8.95. The summed E-state index contributed by atoms with van der Waals surface area (Å²) in [5, 5.41) is 1.13. The van der Waals surface area contributed by atoms with Crippen LogP contribution in [0.15, 0.2) is 66.7 Å². The molecule has 0 unspecified atom stereocenters. The van der Waals surface area contributed by atoms with E-state index in [2.05, 4.69) is 20.8 Å². The lowest BCUT2D eigenvalue weighted by Crippen LogP contribution is -1.97. The average molecular weight is 537 g/mol. The van der Waals surface area contributed by atoms with Crippen LogP contribution in [0.25, 0.3) is 27.1 Å². The van der Waals surface area contributed by atoms with Crippen molar-refractivity contribution in [2.45, 2.75) is 64.2 Å².